The van der Waals surface area contributed by atoms with Gasteiger partial charge in [-0.15, -0.1) is 0 Å². The first-order chi connectivity index (χ1) is 9.61. The summed E-state index contributed by atoms with van der Waals surface area (Å²) in [6, 6.07) is 0. The number of hydrazine groups is 1. The number of nitrogens with two attached hydrogens (primary N) is 1. The van der Waals surface area contributed by atoms with Crippen LogP contribution in [-0.4, -0.2) is 34.2 Å². The second-order valence-corrected chi connectivity index (χ2v) is 4.49. The topological polar surface area (TPSA) is 125 Å². The summed E-state index contributed by atoms with van der Waals surface area (Å²) in [7, 11) is 0. The Hall–Kier alpha value is -2.00. The molecule has 0 amide bonds. The van der Waals surface area contributed by atoms with Gasteiger partial charge in [-0.25, -0.2) is 10.8 Å². The van der Waals surface area contributed by atoms with E-state index in [2.05, 4.69) is 15.4 Å². The van der Waals surface area contributed by atoms with E-state index in [1.165, 1.54) is 6.92 Å². The number of rotatable bonds is 5. The molecule has 1 fully saturated rings. The van der Waals surface area contributed by atoms with Gasteiger partial charge in [0.15, 0.2) is 0 Å². The lowest BCUT2D eigenvalue weighted by Gasteiger charge is -2.22. The molecule has 0 aliphatic carbocycles. The van der Waals surface area contributed by atoms with Crippen molar-refractivity contribution in [3.8, 4) is 5.88 Å². The molecule has 3 N–H and O–H groups in total. The summed E-state index contributed by atoms with van der Waals surface area (Å²) in [6.07, 6.45) is 2.91. The zero-order chi connectivity index (χ0) is 14.5. The van der Waals surface area contributed by atoms with E-state index in [-0.39, 0.29) is 35.9 Å². The maximum atomic E-state index is 11.1. The van der Waals surface area contributed by atoms with Gasteiger partial charge >= 0.3 is 5.69 Å². The van der Waals surface area contributed by atoms with Crippen LogP contribution in [0.5, 0.6) is 5.88 Å². The van der Waals surface area contributed by atoms with E-state index in [4.69, 9.17) is 15.3 Å². The van der Waals surface area contributed by atoms with Crippen molar-refractivity contribution in [2.45, 2.75) is 32.3 Å². The number of hydrogen-bond donors (Lipinski definition) is 2. The molecule has 1 aromatic rings. The van der Waals surface area contributed by atoms with Crippen LogP contribution in [0.2, 0.25) is 0 Å². The van der Waals surface area contributed by atoms with Gasteiger partial charge in [0.1, 0.15) is 12.3 Å². The second kappa shape index (κ2) is 6.44. The normalized spacial score (nSPS) is 18.6. The minimum atomic E-state index is -0.563. The number of hydrogen-bond acceptors (Lipinski definition) is 8. The van der Waals surface area contributed by atoms with Crippen molar-refractivity contribution in [1.82, 2.24) is 9.97 Å². The molecule has 0 radical (unpaired) electrons. The largest absolute Gasteiger partial charge is 0.470 e. The molecule has 0 saturated carbocycles. The van der Waals surface area contributed by atoms with Crippen LogP contribution >= 0.6 is 0 Å². The van der Waals surface area contributed by atoms with E-state index in [0.717, 1.165) is 19.3 Å². The van der Waals surface area contributed by atoms with E-state index in [9.17, 15) is 10.1 Å². The number of anilines is 1. The molecule has 9 nitrogen and oxygen atoms in total. The lowest BCUT2D eigenvalue weighted by molar-refractivity contribution is -0.387. The van der Waals surface area contributed by atoms with Gasteiger partial charge in [0.25, 0.3) is 5.88 Å². The van der Waals surface area contributed by atoms with Crippen LogP contribution in [-0.2, 0) is 4.74 Å². The molecular weight excluding hydrogens is 266 g/mol. The molecule has 110 valence electrons. The first kappa shape index (κ1) is 14.4. The Labute approximate surface area is 115 Å². The fourth-order valence-corrected chi connectivity index (χ4v) is 2.03. The summed E-state index contributed by atoms with van der Waals surface area (Å²) in [5, 5.41) is 11.1. The molecule has 1 aromatic heterocycles. The van der Waals surface area contributed by atoms with Gasteiger partial charge in [0, 0.05) is 6.61 Å². The van der Waals surface area contributed by atoms with Gasteiger partial charge in [0.05, 0.1) is 11.0 Å². The summed E-state index contributed by atoms with van der Waals surface area (Å²) >= 11 is 0. The summed E-state index contributed by atoms with van der Waals surface area (Å²) in [5.41, 5.74) is 2.20. The van der Waals surface area contributed by atoms with E-state index in [1.807, 2.05) is 0 Å². The summed E-state index contributed by atoms with van der Waals surface area (Å²) < 4.78 is 11.0. The Morgan fingerprint density at radius 3 is 2.95 bits per heavy atom. The Bertz CT molecular complexity index is 490. The van der Waals surface area contributed by atoms with Crippen LogP contribution < -0.4 is 16.0 Å². The molecule has 1 aliphatic heterocycles. The Morgan fingerprint density at radius 2 is 2.35 bits per heavy atom. The van der Waals surface area contributed by atoms with Crippen LogP contribution in [0.4, 0.5) is 11.6 Å². The minimum Gasteiger partial charge on any atom is -0.470 e. The molecule has 0 aromatic carbocycles. The van der Waals surface area contributed by atoms with E-state index in [1.54, 1.807) is 0 Å². The first-order valence-electron chi connectivity index (χ1n) is 6.36. The molecule has 1 unspecified atom stereocenters. The van der Waals surface area contributed by atoms with Gasteiger partial charge in [-0.2, -0.15) is 4.98 Å². The number of nitro groups is 1. The fourth-order valence-electron chi connectivity index (χ4n) is 2.03. The zero-order valence-corrected chi connectivity index (χ0v) is 11.2. The fraction of sp³-hybridized carbons (Fsp3) is 0.636. The highest BCUT2D eigenvalue weighted by molar-refractivity contribution is 5.48. The molecule has 2 rings (SSSR count). The van der Waals surface area contributed by atoms with Crippen molar-refractivity contribution < 1.29 is 14.4 Å². The van der Waals surface area contributed by atoms with Crippen molar-refractivity contribution in [2.24, 2.45) is 5.84 Å². The van der Waals surface area contributed by atoms with Gasteiger partial charge in [-0.05, 0) is 26.2 Å². The van der Waals surface area contributed by atoms with Gasteiger partial charge in [0.2, 0.25) is 5.95 Å². The van der Waals surface area contributed by atoms with Crippen LogP contribution in [0.3, 0.4) is 0 Å². The molecule has 1 aliphatic rings. The maximum absolute atomic E-state index is 11.1. The number of aryl methyl sites for hydroxylation is 1. The van der Waals surface area contributed by atoms with Gasteiger partial charge in [-0.3, -0.25) is 15.5 Å². The molecule has 1 saturated heterocycles. The molecule has 0 bridgehead atoms. The van der Waals surface area contributed by atoms with Crippen molar-refractivity contribution >= 4 is 11.6 Å². The van der Waals surface area contributed by atoms with Crippen molar-refractivity contribution in [3.63, 3.8) is 0 Å². The Morgan fingerprint density at radius 1 is 1.55 bits per heavy atom. The number of nitrogens with one attached hydrogen (secondary N) is 1. The predicted octanol–water partition coefficient (Wildman–Crippen LogP) is 0.927. The second-order valence-electron chi connectivity index (χ2n) is 4.49. The van der Waals surface area contributed by atoms with Crippen molar-refractivity contribution in [1.29, 1.82) is 0 Å². The average Bonchev–Trinajstić information content (AvgIpc) is 2.45. The highest BCUT2D eigenvalue weighted by Crippen LogP contribution is 2.29. The SMILES string of the molecule is Cc1nc(NN)nc(OCC2CCCCO2)c1[N+](=O)[O-]. The maximum Gasteiger partial charge on any atom is 0.352 e. The van der Waals surface area contributed by atoms with Gasteiger partial charge in [-0.1, -0.05) is 0 Å². The standard InChI is InChI=1S/C11H17N5O4/c1-7-9(16(17)18)10(14-11(13-7)15-12)20-6-8-4-2-3-5-19-8/h8H,2-6,12H2,1H3,(H,13,14,15). The third-order valence-corrected chi connectivity index (χ3v) is 3.02. The lowest BCUT2D eigenvalue weighted by Crippen LogP contribution is -2.26. The average molecular weight is 283 g/mol. The highest BCUT2D eigenvalue weighted by Gasteiger charge is 2.25. The van der Waals surface area contributed by atoms with E-state index < -0.39 is 4.92 Å². The number of ether oxygens (including phenoxy) is 2. The monoisotopic (exact) mass is 283 g/mol. The molecular formula is C11H17N5O4. The smallest absolute Gasteiger partial charge is 0.352 e. The van der Waals surface area contributed by atoms with E-state index in [0.29, 0.717) is 6.61 Å². The molecule has 2 heterocycles. The molecule has 9 heteroatoms. The molecule has 1 atom stereocenters. The number of aromatic nitrogens is 2. The van der Waals surface area contributed by atoms with Crippen molar-refractivity contribution in [3.05, 3.63) is 15.8 Å². The van der Waals surface area contributed by atoms with Crippen molar-refractivity contribution in [2.75, 3.05) is 18.6 Å². The summed E-state index contributed by atoms with van der Waals surface area (Å²) in [5.74, 6) is 5.21. The Balaban J connectivity index is 2.15. The number of nitrogen functional groups attached to an aromatic ring is 1. The highest BCUT2D eigenvalue weighted by atomic mass is 16.6. The van der Waals surface area contributed by atoms with Crippen LogP contribution in [0.25, 0.3) is 0 Å². The van der Waals surface area contributed by atoms with Crippen LogP contribution in [0, 0.1) is 17.0 Å². The minimum absolute atomic E-state index is 0.0621. The first-order valence-corrected chi connectivity index (χ1v) is 6.36. The molecule has 20 heavy (non-hydrogen) atoms. The van der Waals surface area contributed by atoms with Crippen LogP contribution in [0.1, 0.15) is 25.0 Å². The quantitative estimate of drug-likeness (QED) is 0.464. The third-order valence-electron chi connectivity index (χ3n) is 3.02. The predicted molar refractivity (Wildman–Crippen MR) is 70.3 cm³/mol. The molecule has 0 spiro atoms. The lowest BCUT2D eigenvalue weighted by atomic mass is 10.1. The number of nitrogens with zero attached hydrogens (tertiary/aromatic N) is 3. The summed E-state index contributed by atoms with van der Waals surface area (Å²) in [4.78, 5) is 18.3. The Kier molecular flexibility index (Phi) is 4.64. The zero-order valence-electron chi connectivity index (χ0n) is 11.2. The third kappa shape index (κ3) is 3.31. The summed E-state index contributed by atoms with van der Waals surface area (Å²) in [6.45, 7) is 2.42. The van der Waals surface area contributed by atoms with Crippen LogP contribution in [0.15, 0.2) is 0 Å². The van der Waals surface area contributed by atoms with Gasteiger partial charge < -0.3 is 9.47 Å². The van der Waals surface area contributed by atoms with E-state index >= 15 is 0 Å².